The number of halogens is 3. The molecule has 1 amide bonds. The third-order valence-corrected chi connectivity index (χ3v) is 3.74. The molecule has 10 heteroatoms. The number of carbonyl (C=O) groups is 1. The van der Waals surface area contributed by atoms with Crippen molar-refractivity contribution in [1.29, 1.82) is 0 Å². The molecule has 1 N–H and O–H groups in total. The van der Waals surface area contributed by atoms with Gasteiger partial charge in [-0.2, -0.15) is 13.2 Å². The Kier molecular flexibility index (Phi) is 4.36. The van der Waals surface area contributed by atoms with Crippen molar-refractivity contribution in [2.75, 3.05) is 23.3 Å². The van der Waals surface area contributed by atoms with E-state index in [1.165, 1.54) is 17.1 Å². The van der Waals surface area contributed by atoms with Crippen molar-refractivity contribution in [3.8, 4) is 0 Å². The van der Waals surface area contributed by atoms with Gasteiger partial charge in [0.15, 0.2) is 0 Å². The Morgan fingerprint density at radius 2 is 2.00 bits per heavy atom. The van der Waals surface area contributed by atoms with E-state index in [4.69, 9.17) is 0 Å². The molecule has 1 saturated heterocycles. The molecule has 1 aromatic carbocycles. The third-order valence-electron chi connectivity index (χ3n) is 3.74. The molecular weight excluding hydrogens is 325 g/mol. The van der Waals surface area contributed by atoms with Crippen molar-refractivity contribution in [1.82, 2.24) is 20.2 Å². The Bertz CT molecular complexity index is 710. The summed E-state index contributed by atoms with van der Waals surface area (Å²) in [6.45, 7) is 1.32. The van der Waals surface area contributed by atoms with Crippen LogP contribution >= 0.6 is 0 Å². The van der Waals surface area contributed by atoms with Crippen LogP contribution in [-0.2, 0) is 17.5 Å². The number of alkyl halides is 3. The van der Waals surface area contributed by atoms with Crippen molar-refractivity contribution in [2.24, 2.45) is 0 Å². The van der Waals surface area contributed by atoms with Crippen LogP contribution < -0.4 is 10.2 Å². The van der Waals surface area contributed by atoms with Crippen LogP contribution in [0.15, 0.2) is 24.5 Å². The smallest absolute Gasteiger partial charge is 0.370 e. The van der Waals surface area contributed by atoms with Gasteiger partial charge in [0, 0.05) is 13.1 Å². The second kappa shape index (κ2) is 6.46. The first kappa shape index (κ1) is 16.2. The first-order valence-corrected chi connectivity index (χ1v) is 7.40. The zero-order valence-electron chi connectivity index (χ0n) is 12.6. The average Bonchev–Trinajstić information content (AvgIpc) is 3.19. The SMILES string of the molecule is O=C(Cn1cnnn1)Nc1cc(C(F)(F)F)ccc1N1CCCC1. The molecule has 1 aliphatic heterocycles. The lowest BCUT2D eigenvalue weighted by molar-refractivity contribution is -0.137. The molecule has 0 radical (unpaired) electrons. The Morgan fingerprint density at radius 1 is 1.25 bits per heavy atom. The van der Waals surface area contributed by atoms with Gasteiger partial charge in [-0.1, -0.05) is 0 Å². The highest BCUT2D eigenvalue weighted by molar-refractivity contribution is 5.94. The highest BCUT2D eigenvalue weighted by atomic mass is 19.4. The van der Waals surface area contributed by atoms with Crippen molar-refractivity contribution in [3.05, 3.63) is 30.1 Å². The van der Waals surface area contributed by atoms with E-state index < -0.39 is 17.6 Å². The van der Waals surface area contributed by atoms with Gasteiger partial charge in [-0.05, 0) is 41.5 Å². The minimum absolute atomic E-state index is 0.143. The molecule has 2 heterocycles. The molecular formula is C14H15F3N6O. The van der Waals surface area contributed by atoms with Gasteiger partial charge in [-0.25, -0.2) is 4.68 Å². The molecule has 128 valence electrons. The average molecular weight is 340 g/mol. The van der Waals surface area contributed by atoms with E-state index in [9.17, 15) is 18.0 Å². The summed E-state index contributed by atoms with van der Waals surface area (Å²) in [6, 6.07) is 3.40. The Hall–Kier alpha value is -2.65. The maximum atomic E-state index is 13.0. The van der Waals surface area contributed by atoms with Gasteiger partial charge in [0.2, 0.25) is 5.91 Å². The van der Waals surface area contributed by atoms with Crippen LogP contribution in [0.2, 0.25) is 0 Å². The van der Waals surface area contributed by atoms with Gasteiger partial charge < -0.3 is 10.2 Å². The lowest BCUT2D eigenvalue weighted by atomic mass is 10.1. The van der Waals surface area contributed by atoms with Crippen LogP contribution in [0.3, 0.4) is 0 Å². The summed E-state index contributed by atoms with van der Waals surface area (Å²) in [6.07, 6.45) is -1.27. The minimum Gasteiger partial charge on any atom is -0.370 e. The number of aromatic nitrogens is 4. The van der Waals surface area contributed by atoms with Crippen LogP contribution in [0, 0.1) is 0 Å². The molecule has 1 aliphatic rings. The number of nitrogens with one attached hydrogen (secondary N) is 1. The van der Waals surface area contributed by atoms with Gasteiger partial charge >= 0.3 is 6.18 Å². The second-order valence-corrected chi connectivity index (χ2v) is 5.48. The lowest BCUT2D eigenvalue weighted by Crippen LogP contribution is -2.24. The molecule has 1 aromatic heterocycles. The number of benzene rings is 1. The first-order chi connectivity index (χ1) is 11.4. The normalized spacial score (nSPS) is 14.9. The zero-order valence-corrected chi connectivity index (χ0v) is 12.6. The van der Waals surface area contributed by atoms with E-state index in [2.05, 4.69) is 20.8 Å². The van der Waals surface area contributed by atoms with E-state index in [0.717, 1.165) is 38.1 Å². The number of tetrazole rings is 1. The largest absolute Gasteiger partial charge is 0.416 e. The lowest BCUT2D eigenvalue weighted by Gasteiger charge is -2.22. The number of rotatable bonds is 4. The summed E-state index contributed by atoms with van der Waals surface area (Å²) >= 11 is 0. The first-order valence-electron chi connectivity index (χ1n) is 7.40. The Balaban J connectivity index is 1.85. The van der Waals surface area contributed by atoms with Crippen molar-refractivity contribution in [3.63, 3.8) is 0 Å². The fourth-order valence-corrected chi connectivity index (χ4v) is 2.64. The molecule has 0 bridgehead atoms. The van der Waals surface area contributed by atoms with Crippen LogP contribution in [-0.4, -0.2) is 39.2 Å². The summed E-state index contributed by atoms with van der Waals surface area (Å²) in [5.41, 5.74) is -0.0708. The molecule has 0 aliphatic carbocycles. The van der Waals surface area contributed by atoms with Crippen LogP contribution in [0.1, 0.15) is 18.4 Å². The van der Waals surface area contributed by atoms with Gasteiger partial charge in [-0.15, -0.1) is 5.10 Å². The Labute approximate surface area is 135 Å². The highest BCUT2D eigenvalue weighted by Crippen LogP contribution is 2.36. The number of carbonyl (C=O) groups excluding carboxylic acids is 1. The maximum absolute atomic E-state index is 13.0. The van der Waals surface area contributed by atoms with Gasteiger partial charge in [0.25, 0.3) is 0 Å². The van der Waals surface area contributed by atoms with E-state index >= 15 is 0 Å². The number of hydrogen-bond acceptors (Lipinski definition) is 5. The summed E-state index contributed by atoms with van der Waals surface area (Å²) in [7, 11) is 0. The molecule has 0 atom stereocenters. The maximum Gasteiger partial charge on any atom is 0.416 e. The monoisotopic (exact) mass is 340 g/mol. The standard InChI is InChI=1S/C14H15F3N6O/c15-14(16,17)10-3-4-12(22-5-1-2-6-22)11(7-10)19-13(24)8-23-9-18-20-21-23/h3-4,7,9H,1-2,5-6,8H2,(H,19,24). The molecule has 1 fully saturated rings. The van der Waals surface area contributed by atoms with E-state index in [1.54, 1.807) is 0 Å². The van der Waals surface area contributed by atoms with Crippen molar-refractivity contribution >= 4 is 17.3 Å². The molecule has 0 unspecified atom stereocenters. The summed E-state index contributed by atoms with van der Waals surface area (Å²) in [5, 5.41) is 12.9. The fraction of sp³-hybridized carbons (Fsp3) is 0.429. The predicted molar refractivity (Wildman–Crippen MR) is 79.3 cm³/mol. The van der Waals surface area contributed by atoms with E-state index in [1.807, 2.05) is 4.90 Å². The summed E-state index contributed by atoms with van der Waals surface area (Å²) in [4.78, 5) is 14.0. The molecule has 0 spiro atoms. The van der Waals surface area contributed by atoms with Crippen LogP contribution in [0.5, 0.6) is 0 Å². The van der Waals surface area contributed by atoms with Crippen LogP contribution in [0.4, 0.5) is 24.5 Å². The fourth-order valence-electron chi connectivity index (χ4n) is 2.64. The van der Waals surface area contributed by atoms with E-state index in [-0.39, 0.29) is 12.2 Å². The topological polar surface area (TPSA) is 75.9 Å². The molecule has 24 heavy (non-hydrogen) atoms. The number of hydrogen-bond donors (Lipinski definition) is 1. The van der Waals surface area contributed by atoms with E-state index in [0.29, 0.717) is 5.69 Å². The zero-order chi connectivity index (χ0) is 17.2. The molecule has 0 saturated carbocycles. The van der Waals surface area contributed by atoms with Crippen LogP contribution in [0.25, 0.3) is 0 Å². The third kappa shape index (κ3) is 3.63. The molecule has 2 aromatic rings. The number of anilines is 2. The van der Waals surface area contributed by atoms with Gasteiger partial charge in [0.1, 0.15) is 12.9 Å². The van der Waals surface area contributed by atoms with Crippen molar-refractivity contribution in [2.45, 2.75) is 25.6 Å². The molecule has 7 nitrogen and oxygen atoms in total. The predicted octanol–water partition coefficient (Wildman–Crippen LogP) is 1.93. The number of amides is 1. The summed E-state index contributed by atoms with van der Waals surface area (Å²) in [5.74, 6) is -0.498. The second-order valence-electron chi connectivity index (χ2n) is 5.48. The molecule has 3 rings (SSSR count). The summed E-state index contributed by atoms with van der Waals surface area (Å²) < 4.78 is 40.1. The number of nitrogens with zero attached hydrogens (tertiary/aromatic N) is 5. The Morgan fingerprint density at radius 3 is 2.62 bits per heavy atom. The van der Waals surface area contributed by atoms with Crippen molar-refractivity contribution < 1.29 is 18.0 Å². The minimum atomic E-state index is -4.47. The van der Waals surface area contributed by atoms with Gasteiger partial charge in [-0.3, -0.25) is 4.79 Å². The van der Waals surface area contributed by atoms with Gasteiger partial charge in [0.05, 0.1) is 16.9 Å². The highest BCUT2D eigenvalue weighted by Gasteiger charge is 2.32. The quantitative estimate of drug-likeness (QED) is 0.920.